The van der Waals surface area contributed by atoms with Crippen molar-refractivity contribution in [3.8, 4) is 0 Å². The van der Waals surface area contributed by atoms with Gasteiger partial charge in [0.15, 0.2) is 0 Å². The lowest BCUT2D eigenvalue weighted by Gasteiger charge is -2.32. The van der Waals surface area contributed by atoms with E-state index in [1.54, 1.807) is 0 Å². The third-order valence-electron chi connectivity index (χ3n) is 2.82. The first-order chi connectivity index (χ1) is 5.07. The molecule has 0 radical (unpaired) electrons. The standard InChI is InChI=1S/C7H11FO2S/c8-11(9,10)7-3-6(4-7)5-1-2-5/h5-7H,1-4H2. The average molecular weight is 178 g/mol. The predicted octanol–water partition coefficient (Wildman–Crippen LogP) is 1.47. The largest absolute Gasteiger partial charge is 0.305 e. The quantitative estimate of drug-likeness (QED) is 0.600. The van der Waals surface area contributed by atoms with E-state index in [4.69, 9.17) is 0 Å². The van der Waals surface area contributed by atoms with E-state index in [2.05, 4.69) is 0 Å². The van der Waals surface area contributed by atoms with Gasteiger partial charge in [-0.3, -0.25) is 0 Å². The van der Waals surface area contributed by atoms with Gasteiger partial charge in [0.1, 0.15) is 0 Å². The Balaban J connectivity index is 1.87. The zero-order valence-electron chi connectivity index (χ0n) is 6.16. The van der Waals surface area contributed by atoms with Gasteiger partial charge in [-0.25, -0.2) is 0 Å². The van der Waals surface area contributed by atoms with Crippen LogP contribution in [0, 0.1) is 11.8 Å². The molecule has 0 amide bonds. The second kappa shape index (κ2) is 2.19. The zero-order valence-corrected chi connectivity index (χ0v) is 6.98. The molecule has 0 bridgehead atoms. The van der Waals surface area contributed by atoms with Crippen LogP contribution in [0.3, 0.4) is 0 Å². The first kappa shape index (κ1) is 7.53. The third-order valence-corrected chi connectivity index (χ3v) is 4.00. The summed E-state index contributed by atoms with van der Waals surface area (Å²) >= 11 is 0. The van der Waals surface area contributed by atoms with E-state index in [9.17, 15) is 12.3 Å². The summed E-state index contributed by atoms with van der Waals surface area (Å²) in [6.45, 7) is 0. The van der Waals surface area contributed by atoms with Gasteiger partial charge >= 0.3 is 10.2 Å². The minimum absolute atomic E-state index is 0.519. The van der Waals surface area contributed by atoms with Gasteiger partial charge in [-0.05, 0) is 37.5 Å². The van der Waals surface area contributed by atoms with Gasteiger partial charge < -0.3 is 0 Å². The molecule has 0 heterocycles. The lowest BCUT2D eigenvalue weighted by molar-refractivity contribution is 0.274. The van der Waals surface area contributed by atoms with Gasteiger partial charge in [0.2, 0.25) is 0 Å². The van der Waals surface area contributed by atoms with Crippen LogP contribution < -0.4 is 0 Å². The highest BCUT2D eigenvalue weighted by Gasteiger charge is 2.45. The van der Waals surface area contributed by atoms with Crippen molar-refractivity contribution in [1.29, 1.82) is 0 Å². The Kier molecular flexibility index (Phi) is 1.50. The molecule has 0 spiro atoms. The second-order valence-corrected chi connectivity index (χ2v) is 5.28. The highest BCUT2D eigenvalue weighted by Crippen LogP contribution is 2.48. The summed E-state index contributed by atoms with van der Waals surface area (Å²) in [4.78, 5) is 0. The molecule has 2 rings (SSSR count). The van der Waals surface area contributed by atoms with Crippen LogP contribution in [-0.2, 0) is 10.2 Å². The van der Waals surface area contributed by atoms with Crippen LogP contribution in [0.5, 0.6) is 0 Å². The van der Waals surface area contributed by atoms with Crippen molar-refractivity contribution in [2.45, 2.75) is 30.9 Å². The van der Waals surface area contributed by atoms with Crippen molar-refractivity contribution in [2.24, 2.45) is 11.8 Å². The maximum Gasteiger partial charge on any atom is 0.305 e. The van der Waals surface area contributed by atoms with Gasteiger partial charge in [0, 0.05) is 0 Å². The topological polar surface area (TPSA) is 34.1 Å². The molecule has 2 fully saturated rings. The first-order valence-corrected chi connectivity index (χ1v) is 5.45. The Morgan fingerprint density at radius 1 is 1.09 bits per heavy atom. The zero-order chi connectivity index (χ0) is 8.06. The van der Waals surface area contributed by atoms with Gasteiger partial charge in [-0.15, -0.1) is 3.89 Å². The molecule has 11 heavy (non-hydrogen) atoms. The highest BCUT2D eigenvalue weighted by atomic mass is 32.3. The molecule has 2 saturated carbocycles. The highest BCUT2D eigenvalue weighted by molar-refractivity contribution is 7.87. The van der Waals surface area contributed by atoms with E-state index >= 15 is 0 Å². The Morgan fingerprint density at radius 3 is 2.00 bits per heavy atom. The van der Waals surface area contributed by atoms with E-state index < -0.39 is 15.5 Å². The van der Waals surface area contributed by atoms with Crippen LogP contribution in [0.2, 0.25) is 0 Å². The normalized spacial score (nSPS) is 38.3. The summed E-state index contributed by atoms with van der Waals surface area (Å²) in [5.74, 6) is 1.25. The lowest BCUT2D eigenvalue weighted by atomic mass is 9.81. The van der Waals surface area contributed by atoms with Crippen LogP contribution in [0.25, 0.3) is 0 Å². The van der Waals surface area contributed by atoms with Crippen LogP contribution in [-0.4, -0.2) is 13.7 Å². The molecule has 0 unspecified atom stereocenters. The van der Waals surface area contributed by atoms with Crippen molar-refractivity contribution < 1.29 is 12.3 Å². The van der Waals surface area contributed by atoms with Gasteiger partial charge in [-0.2, -0.15) is 8.42 Å². The molecule has 0 aliphatic heterocycles. The number of halogens is 1. The van der Waals surface area contributed by atoms with Crippen molar-refractivity contribution in [3.63, 3.8) is 0 Å². The van der Waals surface area contributed by atoms with Crippen molar-refractivity contribution >= 4 is 10.2 Å². The summed E-state index contributed by atoms with van der Waals surface area (Å²) in [6.07, 6.45) is 3.60. The Hall–Kier alpha value is -0.120. The Morgan fingerprint density at radius 2 is 1.64 bits per heavy atom. The van der Waals surface area contributed by atoms with E-state index in [0.29, 0.717) is 18.8 Å². The summed E-state index contributed by atoms with van der Waals surface area (Å²) in [5, 5.41) is -0.659. The maximum absolute atomic E-state index is 12.3. The van der Waals surface area contributed by atoms with E-state index in [-0.39, 0.29) is 0 Å². The summed E-state index contributed by atoms with van der Waals surface area (Å²) < 4.78 is 32.9. The smallest absolute Gasteiger partial charge is 0.195 e. The van der Waals surface area contributed by atoms with E-state index in [1.165, 1.54) is 12.8 Å². The van der Waals surface area contributed by atoms with Gasteiger partial charge in [-0.1, -0.05) is 0 Å². The van der Waals surface area contributed by atoms with Crippen LogP contribution in [0.15, 0.2) is 0 Å². The predicted molar refractivity (Wildman–Crippen MR) is 39.3 cm³/mol. The molecule has 2 aliphatic rings. The fourth-order valence-corrected chi connectivity index (χ4v) is 2.74. The van der Waals surface area contributed by atoms with Crippen molar-refractivity contribution in [3.05, 3.63) is 0 Å². The van der Waals surface area contributed by atoms with Gasteiger partial charge in [0.25, 0.3) is 0 Å². The number of rotatable bonds is 2. The van der Waals surface area contributed by atoms with Crippen molar-refractivity contribution in [1.82, 2.24) is 0 Å². The SMILES string of the molecule is O=S(=O)(F)C1CC(C2CC2)C1. The minimum atomic E-state index is -4.20. The molecule has 4 heteroatoms. The molecule has 0 aromatic carbocycles. The minimum Gasteiger partial charge on any atom is -0.195 e. The molecule has 64 valence electrons. The third kappa shape index (κ3) is 1.41. The summed E-state index contributed by atoms with van der Waals surface area (Å²) in [7, 11) is -4.20. The monoisotopic (exact) mass is 178 g/mol. The average Bonchev–Trinajstić information content (AvgIpc) is 2.38. The van der Waals surface area contributed by atoms with Crippen LogP contribution in [0.1, 0.15) is 25.7 Å². The molecule has 2 nitrogen and oxygen atoms in total. The number of hydrogen-bond donors (Lipinski definition) is 0. The number of hydrogen-bond acceptors (Lipinski definition) is 2. The molecule has 2 aliphatic carbocycles. The fraction of sp³-hybridized carbons (Fsp3) is 1.00. The van der Waals surface area contributed by atoms with Crippen LogP contribution >= 0.6 is 0 Å². The van der Waals surface area contributed by atoms with Crippen molar-refractivity contribution in [2.75, 3.05) is 0 Å². The molecule has 0 aromatic rings. The van der Waals surface area contributed by atoms with Gasteiger partial charge in [0.05, 0.1) is 5.25 Å². The molecular formula is C7H11FO2S. The summed E-state index contributed by atoms with van der Waals surface area (Å²) in [5.41, 5.74) is 0. The first-order valence-electron chi connectivity index (χ1n) is 4.01. The lowest BCUT2D eigenvalue weighted by Crippen LogP contribution is -2.34. The molecule has 0 N–H and O–H groups in total. The molecule has 0 saturated heterocycles. The van der Waals surface area contributed by atoms with E-state index in [0.717, 1.165) is 5.92 Å². The second-order valence-electron chi connectivity index (χ2n) is 3.67. The molecule has 0 atom stereocenters. The molecular weight excluding hydrogens is 167 g/mol. The summed E-state index contributed by atoms with van der Waals surface area (Å²) in [6, 6.07) is 0. The fourth-order valence-electron chi connectivity index (χ4n) is 1.79. The van der Waals surface area contributed by atoms with E-state index in [1.807, 2.05) is 0 Å². The molecule has 0 aromatic heterocycles. The Labute approximate surface area is 66.0 Å². The maximum atomic E-state index is 12.3. The van der Waals surface area contributed by atoms with Crippen LogP contribution in [0.4, 0.5) is 3.89 Å². The Bertz CT molecular complexity index is 250.